The van der Waals surface area contributed by atoms with Gasteiger partial charge in [-0.3, -0.25) is 19.6 Å². The number of carbonyl (C=O) groups is 2. The highest BCUT2D eigenvalue weighted by Crippen LogP contribution is 2.42. The minimum Gasteiger partial charge on any atom is -0.487 e. The molecule has 12 nitrogen and oxygen atoms in total. The highest BCUT2D eigenvalue weighted by atomic mass is 32.1. The van der Waals surface area contributed by atoms with Crippen LogP contribution in [-0.4, -0.2) is 76.5 Å². The molecule has 0 bridgehead atoms. The first-order valence-electron chi connectivity index (χ1n) is 14.8. The number of carbonyl (C=O) groups excluding carboxylic acids is 2. The van der Waals surface area contributed by atoms with Crippen LogP contribution in [0.1, 0.15) is 64.3 Å². The molecule has 0 radical (unpaired) electrons. The van der Waals surface area contributed by atoms with Crippen LogP contribution >= 0.6 is 11.3 Å². The van der Waals surface area contributed by atoms with Crippen LogP contribution in [0.5, 0.6) is 5.75 Å². The molecule has 1 fully saturated rings. The fraction of sp³-hybridized carbons (Fsp3) is 0.552. The maximum Gasteiger partial charge on any atom is 0.243 e. The van der Waals surface area contributed by atoms with E-state index in [1.165, 1.54) is 6.07 Å². The predicted molar refractivity (Wildman–Crippen MR) is 162 cm³/mol. The highest BCUT2D eigenvalue weighted by molar-refractivity contribution is 7.18. The molecule has 1 aromatic carbocycles. The Labute approximate surface area is 252 Å². The van der Waals surface area contributed by atoms with E-state index in [1.54, 1.807) is 11.7 Å². The lowest BCUT2D eigenvalue weighted by Crippen LogP contribution is -2.45. The number of halogens is 1. The smallest absolute Gasteiger partial charge is 0.243 e. The van der Waals surface area contributed by atoms with E-state index >= 15 is 4.39 Å². The molecule has 0 spiro atoms. The summed E-state index contributed by atoms with van der Waals surface area (Å²) in [5, 5.41) is 20.4. The van der Waals surface area contributed by atoms with Crippen molar-refractivity contribution in [3.05, 3.63) is 28.3 Å². The Bertz CT molecular complexity index is 1540. The SMILES string of the molecule is C[C@H]1COc2c(N3CCN(C)CC3)c(F)cc3c(=O)c(-c4nnc(NC(=O)CCCCCCCCC(=O)NO)s4)cn1c23. The van der Waals surface area contributed by atoms with Crippen molar-refractivity contribution < 1.29 is 23.9 Å². The van der Waals surface area contributed by atoms with Gasteiger partial charge in [0, 0.05) is 45.2 Å². The molecule has 43 heavy (non-hydrogen) atoms. The predicted octanol–water partition coefficient (Wildman–Crippen LogP) is 3.93. The van der Waals surface area contributed by atoms with E-state index in [1.807, 2.05) is 23.4 Å². The molecular formula is C29H38FN7O5S. The summed E-state index contributed by atoms with van der Waals surface area (Å²) in [5.41, 5.74) is 2.55. The van der Waals surface area contributed by atoms with Gasteiger partial charge in [0.2, 0.25) is 16.9 Å². The Morgan fingerprint density at radius 2 is 1.74 bits per heavy atom. The zero-order valence-electron chi connectivity index (χ0n) is 24.5. The van der Waals surface area contributed by atoms with Crippen molar-refractivity contribution in [3.63, 3.8) is 0 Å². The number of aromatic nitrogens is 3. The van der Waals surface area contributed by atoms with Crippen molar-refractivity contribution in [1.29, 1.82) is 0 Å². The largest absolute Gasteiger partial charge is 0.487 e. The van der Waals surface area contributed by atoms with Crippen molar-refractivity contribution in [3.8, 4) is 16.3 Å². The number of benzene rings is 1. The maximum absolute atomic E-state index is 15.6. The topological polar surface area (TPSA) is 142 Å². The van der Waals surface area contributed by atoms with Crippen molar-refractivity contribution in [1.82, 2.24) is 25.1 Å². The molecule has 1 saturated heterocycles. The lowest BCUT2D eigenvalue weighted by atomic mass is 10.1. The third kappa shape index (κ3) is 6.97. The molecule has 2 amide bonds. The van der Waals surface area contributed by atoms with Crippen molar-refractivity contribution in [2.24, 2.45) is 0 Å². The molecule has 4 heterocycles. The van der Waals surface area contributed by atoms with Gasteiger partial charge in [0.05, 0.1) is 22.5 Å². The number of anilines is 2. The number of nitrogens with zero attached hydrogens (tertiary/aromatic N) is 5. The minimum absolute atomic E-state index is 0.0905. The number of piperazine rings is 1. The van der Waals surface area contributed by atoms with E-state index in [2.05, 4.69) is 20.4 Å². The fourth-order valence-electron chi connectivity index (χ4n) is 5.59. The number of amides is 2. The van der Waals surface area contributed by atoms with Gasteiger partial charge in [0.1, 0.15) is 12.3 Å². The quantitative estimate of drug-likeness (QED) is 0.157. The zero-order valence-corrected chi connectivity index (χ0v) is 25.3. The van der Waals surface area contributed by atoms with Crippen LogP contribution in [0, 0.1) is 5.82 Å². The zero-order chi connectivity index (χ0) is 30.5. The summed E-state index contributed by atoms with van der Waals surface area (Å²) in [6.07, 6.45) is 7.50. The van der Waals surface area contributed by atoms with Crippen LogP contribution < -0.4 is 25.9 Å². The van der Waals surface area contributed by atoms with Gasteiger partial charge in [0.25, 0.3) is 0 Å². The summed E-state index contributed by atoms with van der Waals surface area (Å²) in [7, 11) is 2.04. The van der Waals surface area contributed by atoms with Crippen molar-refractivity contribution in [2.75, 3.05) is 50.1 Å². The normalized spacial score (nSPS) is 16.7. The average Bonchev–Trinajstić information content (AvgIpc) is 3.45. The second-order valence-electron chi connectivity index (χ2n) is 11.3. The number of hydrogen-bond acceptors (Lipinski definition) is 10. The molecule has 0 unspecified atom stereocenters. The maximum atomic E-state index is 15.6. The number of ether oxygens (including phenoxy) is 1. The summed E-state index contributed by atoms with van der Waals surface area (Å²) in [4.78, 5) is 41.4. The Morgan fingerprint density at radius 3 is 2.44 bits per heavy atom. The van der Waals surface area contributed by atoms with Crippen LogP contribution in [-0.2, 0) is 9.59 Å². The molecule has 14 heteroatoms. The van der Waals surface area contributed by atoms with E-state index in [0.29, 0.717) is 71.6 Å². The van der Waals surface area contributed by atoms with Crippen LogP contribution in [0.25, 0.3) is 21.5 Å². The Balaban J connectivity index is 1.26. The summed E-state index contributed by atoms with van der Waals surface area (Å²) < 4.78 is 23.7. The van der Waals surface area contributed by atoms with Gasteiger partial charge in [-0.15, -0.1) is 10.2 Å². The van der Waals surface area contributed by atoms with Crippen LogP contribution in [0.2, 0.25) is 0 Å². The molecule has 2 aromatic heterocycles. The van der Waals surface area contributed by atoms with Crippen LogP contribution in [0.4, 0.5) is 15.2 Å². The van der Waals surface area contributed by atoms with Gasteiger partial charge < -0.3 is 24.4 Å². The van der Waals surface area contributed by atoms with E-state index < -0.39 is 5.82 Å². The highest BCUT2D eigenvalue weighted by Gasteiger charge is 2.31. The number of likely N-dealkylation sites (N-methyl/N-ethyl adjacent to an activating group) is 1. The molecule has 3 aromatic rings. The lowest BCUT2D eigenvalue weighted by Gasteiger charge is -2.37. The first kappa shape index (κ1) is 30.8. The number of unbranched alkanes of at least 4 members (excludes halogenated alkanes) is 5. The lowest BCUT2D eigenvalue weighted by molar-refractivity contribution is -0.129. The van der Waals surface area contributed by atoms with Gasteiger partial charge in [-0.1, -0.05) is 37.0 Å². The number of hydroxylamine groups is 1. The van der Waals surface area contributed by atoms with Gasteiger partial charge in [-0.2, -0.15) is 0 Å². The summed E-state index contributed by atoms with van der Waals surface area (Å²) >= 11 is 1.11. The van der Waals surface area contributed by atoms with E-state index in [4.69, 9.17) is 9.94 Å². The molecule has 2 aliphatic rings. The molecule has 1 atom stereocenters. The van der Waals surface area contributed by atoms with Gasteiger partial charge in [-0.05, 0) is 32.9 Å². The number of rotatable bonds is 12. The summed E-state index contributed by atoms with van der Waals surface area (Å²) in [6.45, 7) is 5.28. The number of hydrogen-bond donors (Lipinski definition) is 3. The van der Waals surface area contributed by atoms with E-state index in [0.717, 1.165) is 56.5 Å². The molecule has 2 aliphatic heterocycles. The van der Waals surface area contributed by atoms with Gasteiger partial charge in [0.15, 0.2) is 22.0 Å². The van der Waals surface area contributed by atoms with Crippen molar-refractivity contribution >= 4 is 44.9 Å². The second-order valence-corrected chi connectivity index (χ2v) is 12.3. The number of pyridine rings is 1. The average molecular weight is 616 g/mol. The van der Waals surface area contributed by atoms with E-state index in [-0.39, 0.29) is 28.7 Å². The first-order chi connectivity index (χ1) is 20.8. The Hall–Kier alpha value is -3.62. The van der Waals surface area contributed by atoms with Gasteiger partial charge in [-0.25, -0.2) is 9.87 Å². The standard InChI is InChI=1S/C29H38FN7O5S/c1-18-17-42-27-24-19(15-21(30)25(27)36-13-11-35(2)12-14-36)26(40)20(16-37(18)24)28-32-33-29(43-28)31-22(38)9-7-5-3-4-6-8-10-23(39)34-41/h15-16,18,41H,3-14,17H2,1-2H3,(H,34,39)(H,31,33,38)/t18-/m0/s1. The molecular weight excluding hydrogens is 577 g/mol. The van der Waals surface area contributed by atoms with Crippen LogP contribution in [0.3, 0.4) is 0 Å². The first-order valence-corrected chi connectivity index (χ1v) is 15.6. The van der Waals surface area contributed by atoms with Crippen molar-refractivity contribution in [2.45, 2.75) is 64.3 Å². The fourth-order valence-corrected chi connectivity index (χ4v) is 6.35. The third-order valence-corrected chi connectivity index (χ3v) is 8.92. The summed E-state index contributed by atoms with van der Waals surface area (Å²) in [6, 6.07) is 1.22. The number of nitrogens with one attached hydrogen (secondary N) is 2. The Morgan fingerprint density at radius 1 is 1.07 bits per heavy atom. The molecule has 5 rings (SSSR count). The van der Waals surface area contributed by atoms with Crippen LogP contribution in [0.15, 0.2) is 17.1 Å². The summed E-state index contributed by atoms with van der Waals surface area (Å²) in [5.74, 6) is -0.636. The minimum atomic E-state index is -0.485. The third-order valence-electron chi connectivity index (χ3n) is 8.05. The van der Waals surface area contributed by atoms with E-state index in [9.17, 15) is 14.4 Å². The monoisotopic (exact) mass is 615 g/mol. The second kappa shape index (κ2) is 13.8. The van der Waals surface area contributed by atoms with Gasteiger partial charge >= 0.3 is 0 Å². The molecule has 0 aliphatic carbocycles. The molecule has 3 N–H and O–H groups in total. The molecule has 232 valence electrons. The Kier molecular flexibility index (Phi) is 9.88. The molecule has 0 saturated carbocycles.